The number of nitrogens with zero attached hydrogens (tertiary/aromatic N) is 1. The molecule has 2 N–H and O–H groups in total. The van der Waals surface area contributed by atoms with Crippen molar-refractivity contribution in [2.45, 2.75) is 26.1 Å². The van der Waals surface area contributed by atoms with Gasteiger partial charge in [-0.3, -0.25) is 14.6 Å². The van der Waals surface area contributed by atoms with Crippen LogP contribution in [0.5, 0.6) is 0 Å². The van der Waals surface area contributed by atoms with Gasteiger partial charge in [-0.05, 0) is 38.1 Å². The summed E-state index contributed by atoms with van der Waals surface area (Å²) >= 11 is 0. The largest absolute Gasteiger partial charge is 0.418 e. The molecule has 0 aliphatic rings. The van der Waals surface area contributed by atoms with Gasteiger partial charge >= 0.3 is 6.18 Å². The predicted octanol–water partition coefficient (Wildman–Crippen LogP) is 3.49. The zero-order valence-corrected chi connectivity index (χ0v) is 13.5. The summed E-state index contributed by atoms with van der Waals surface area (Å²) in [7, 11) is 0. The number of para-hydroxylation sites is 1. The molecular weight excluding hydrogens is 335 g/mol. The highest BCUT2D eigenvalue weighted by atomic mass is 19.4. The second-order valence-corrected chi connectivity index (χ2v) is 5.56. The predicted molar refractivity (Wildman–Crippen MR) is 86.2 cm³/mol. The summed E-state index contributed by atoms with van der Waals surface area (Å²) in [5.74, 6) is -1.24. The van der Waals surface area contributed by atoms with Crippen molar-refractivity contribution in [1.29, 1.82) is 0 Å². The fraction of sp³-hybridized carbons (Fsp3) is 0.235. The molecule has 0 unspecified atom stereocenters. The number of rotatable bonds is 4. The molecule has 0 spiro atoms. The molecule has 0 fully saturated rings. The van der Waals surface area contributed by atoms with Crippen molar-refractivity contribution >= 4 is 17.5 Å². The van der Waals surface area contributed by atoms with Crippen LogP contribution in [0.1, 0.15) is 40.3 Å². The highest BCUT2D eigenvalue weighted by Crippen LogP contribution is 2.34. The highest BCUT2D eigenvalue weighted by Gasteiger charge is 2.33. The number of aromatic nitrogens is 1. The molecule has 8 heteroatoms. The molecule has 0 bridgehead atoms. The van der Waals surface area contributed by atoms with Gasteiger partial charge in [0.1, 0.15) is 5.69 Å². The van der Waals surface area contributed by atoms with E-state index in [4.69, 9.17) is 0 Å². The van der Waals surface area contributed by atoms with Gasteiger partial charge in [0, 0.05) is 17.8 Å². The van der Waals surface area contributed by atoms with Crippen LogP contribution in [0.2, 0.25) is 0 Å². The molecule has 0 atom stereocenters. The number of carbonyl (C=O) groups is 2. The van der Waals surface area contributed by atoms with Gasteiger partial charge in [-0.1, -0.05) is 12.1 Å². The summed E-state index contributed by atoms with van der Waals surface area (Å²) in [5.41, 5.74) is -1.30. The Balaban J connectivity index is 2.24. The van der Waals surface area contributed by atoms with E-state index in [9.17, 15) is 22.8 Å². The first-order valence-corrected chi connectivity index (χ1v) is 7.43. The lowest BCUT2D eigenvalue weighted by Gasteiger charge is -2.13. The van der Waals surface area contributed by atoms with Gasteiger partial charge in [0.15, 0.2) is 0 Å². The quantitative estimate of drug-likeness (QED) is 0.886. The van der Waals surface area contributed by atoms with Gasteiger partial charge in [-0.2, -0.15) is 13.2 Å². The van der Waals surface area contributed by atoms with Crippen LogP contribution in [0.25, 0.3) is 0 Å². The Morgan fingerprint density at radius 2 is 1.76 bits per heavy atom. The van der Waals surface area contributed by atoms with Gasteiger partial charge in [-0.25, -0.2) is 0 Å². The number of anilines is 1. The third-order valence-corrected chi connectivity index (χ3v) is 3.16. The summed E-state index contributed by atoms with van der Waals surface area (Å²) in [6.07, 6.45) is -3.35. The Hall–Kier alpha value is -2.90. The molecule has 0 saturated carbocycles. The van der Waals surface area contributed by atoms with Gasteiger partial charge in [0.25, 0.3) is 11.8 Å². The third kappa shape index (κ3) is 4.79. The Kier molecular flexibility index (Phi) is 5.41. The van der Waals surface area contributed by atoms with E-state index < -0.39 is 23.6 Å². The van der Waals surface area contributed by atoms with E-state index in [-0.39, 0.29) is 23.0 Å². The lowest BCUT2D eigenvalue weighted by Crippen LogP contribution is -2.30. The minimum Gasteiger partial charge on any atom is -0.350 e. The molecule has 1 heterocycles. The number of amides is 2. The Labute approximate surface area is 142 Å². The average molecular weight is 351 g/mol. The molecular formula is C17H16F3N3O2. The van der Waals surface area contributed by atoms with Crippen molar-refractivity contribution in [3.05, 3.63) is 59.4 Å². The molecule has 0 aliphatic carbocycles. The summed E-state index contributed by atoms with van der Waals surface area (Å²) in [5, 5.41) is 4.84. The van der Waals surface area contributed by atoms with E-state index in [0.29, 0.717) is 0 Å². The van der Waals surface area contributed by atoms with Crippen molar-refractivity contribution in [3.8, 4) is 0 Å². The summed E-state index contributed by atoms with van der Waals surface area (Å²) in [4.78, 5) is 28.0. The van der Waals surface area contributed by atoms with Crippen LogP contribution in [0.15, 0.2) is 42.6 Å². The first-order chi connectivity index (χ1) is 11.7. The Bertz CT molecular complexity index is 789. The van der Waals surface area contributed by atoms with Crippen molar-refractivity contribution in [3.63, 3.8) is 0 Å². The minimum atomic E-state index is -4.60. The van der Waals surface area contributed by atoms with Crippen molar-refractivity contribution in [2.75, 3.05) is 5.32 Å². The number of carbonyl (C=O) groups excluding carboxylic acids is 2. The molecule has 2 aromatic rings. The lowest BCUT2D eigenvalue weighted by atomic mass is 10.1. The maximum atomic E-state index is 13.0. The van der Waals surface area contributed by atoms with Crippen molar-refractivity contribution in [1.82, 2.24) is 10.3 Å². The van der Waals surface area contributed by atoms with E-state index in [1.165, 1.54) is 30.5 Å². The highest BCUT2D eigenvalue weighted by molar-refractivity contribution is 6.05. The third-order valence-electron chi connectivity index (χ3n) is 3.16. The van der Waals surface area contributed by atoms with Crippen LogP contribution in [-0.2, 0) is 6.18 Å². The number of hydrogen-bond acceptors (Lipinski definition) is 3. The average Bonchev–Trinajstić information content (AvgIpc) is 2.54. The van der Waals surface area contributed by atoms with E-state index in [1.807, 2.05) is 0 Å². The van der Waals surface area contributed by atoms with Gasteiger partial charge in [0.05, 0.1) is 11.3 Å². The molecule has 0 aliphatic heterocycles. The van der Waals surface area contributed by atoms with Crippen LogP contribution in [0.4, 0.5) is 18.9 Å². The number of benzene rings is 1. The lowest BCUT2D eigenvalue weighted by molar-refractivity contribution is -0.136. The molecule has 0 saturated heterocycles. The van der Waals surface area contributed by atoms with Crippen LogP contribution in [0, 0.1) is 0 Å². The van der Waals surface area contributed by atoms with E-state index in [1.54, 1.807) is 13.8 Å². The molecule has 1 aromatic heterocycles. The number of nitrogens with one attached hydrogen (secondary N) is 2. The van der Waals surface area contributed by atoms with Crippen molar-refractivity contribution < 1.29 is 22.8 Å². The molecule has 2 rings (SSSR count). The fourth-order valence-corrected chi connectivity index (χ4v) is 2.07. The molecule has 0 radical (unpaired) electrons. The first kappa shape index (κ1) is 18.4. The summed E-state index contributed by atoms with van der Waals surface area (Å²) in [6, 6.07) is 7.17. The van der Waals surface area contributed by atoms with E-state index in [0.717, 1.165) is 12.1 Å². The zero-order valence-electron chi connectivity index (χ0n) is 13.5. The molecule has 25 heavy (non-hydrogen) atoms. The number of alkyl halides is 3. The summed E-state index contributed by atoms with van der Waals surface area (Å²) in [6.45, 7) is 3.56. The number of hydrogen-bond donors (Lipinski definition) is 2. The second-order valence-electron chi connectivity index (χ2n) is 5.56. The number of halogens is 3. The van der Waals surface area contributed by atoms with Gasteiger partial charge in [0.2, 0.25) is 0 Å². The SMILES string of the molecule is CC(C)NC(=O)c1ccnc(C(=O)Nc2ccccc2C(F)(F)F)c1. The standard InChI is InChI=1S/C17H16F3N3O2/c1-10(2)22-15(24)11-7-8-21-14(9-11)16(25)23-13-6-4-3-5-12(13)17(18,19)20/h3-10H,1-2H3,(H,22,24)(H,23,25). The normalized spacial score (nSPS) is 11.3. The molecule has 5 nitrogen and oxygen atoms in total. The minimum absolute atomic E-state index is 0.100. The smallest absolute Gasteiger partial charge is 0.350 e. The van der Waals surface area contributed by atoms with E-state index >= 15 is 0 Å². The summed E-state index contributed by atoms with van der Waals surface area (Å²) < 4.78 is 38.9. The van der Waals surface area contributed by atoms with E-state index in [2.05, 4.69) is 15.6 Å². The zero-order chi connectivity index (χ0) is 18.6. The first-order valence-electron chi connectivity index (χ1n) is 7.43. The van der Waals surface area contributed by atoms with Gasteiger partial charge < -0.3 is 10.6 Å². The monoisotopic (exact) mass is 351 g/mol. The van der Waals surface area contributed by atoms with Crippen LogP contribution in [-0.4, -0.2) is 22.8 Å². The van der Waals surface area contributed by atoms with Crippen LogP contribution in [0.3, 0.4) is 0 Å². The topological polar surface area (TPSA) is 71.1 Å². The van der Waals surface area contributed by atoms with Crippen molar-refractivity contribution in [2.24, 2.45) is 0 Å². The molecule has 1 aromatic carbocycles. The Morgan fingerprint density at radius 1 is 1.08 bits per heavy atom. The fourth-order valence-electron chi connectivity index (χ4n) is 2.07. The van der Waals surface area contributed by atoms with Crippen LogP contribution >= 0.6 is 0 Å². The van der Waals surface area contributed by atoms with Crippen LogP contribution < -0.4 is 10.6 Å². The second kappa shape index (κ2) is 7.33. The maximum Gasteiger partial charge on any atom is 0.418 e. The van der Waals surface area contributed by atoms with Gasteiger partial charge in [-0.15, -0.1) is 0 Å². The maximum absolute atomic E-state index is 13.0. The molecule has 132 valence electrons. The molecule has 2 amide bonds. The Morgan fingerprint density at radius 3 is 2.40 bits per heavy atom. The number of pyridine rings is 1.